The number of piperazine rings is 1. The van der Waals surface area contributed by atoms with Crippen molar-refractivity contribution in [1.82, 2.24) is 10.2 Å². The van der Waals surface area contributed by atoms with E-state index in [0.29, 0.717) is 0 Å². The molecule has 0 spiro atoms. The molecule has 0 atom stereocenters. The molecule has 0 aliphatic carbocycles. The van der Waals surface area contributed by atoms with E-state index in [1.807, 2.05) is 0 Å². The van der Waals surface area contributed by atoms with Crippen LogP contribution in [0.15, 0.2) is 0 Å². The molecule has 1 rings (SSSR count). The average molecular weight is 172 g/mol. The monoisotopic (exact) mass is 172 g/mol. The van der Waals surface area contributed by atoms with E-state index in [4.69, 9.17) is 0 Å². The van der Waals surface area contributed by atoms with E-state index in [-0.39, 0.29) is 0 Å². The van der Waals surface area contributed by atoms with Gasteiger partial charge in [-0.2, -0.15) is 0 Å². The minimum absolute atomic E-state index is 1.18. The summed E-state index contributed by atoms with van der Waals surface area (Å²) in [6.07, 6.45) is 0. The maximum Gasteiger partial charge on any atom is 0.0914 e. The standard InChI is InChI=1S/C9H22N3/c1-11(2)6-9-12(3)7-4-10-5-8-12/h10H,4-9H2,1-3H3/q+1. The van der Waals surface area contributed by atoms with Crippen molar-refractivity contribution in [3.8, 4) is 0 Å². The largest absolute Gasteiger partial charge is 0.323 e. The zero-order chi connectivity index (χ0) is 9.03. The van der Waals surface area contributed by atoms with Crippen molar-refractivity contribution in [2.75, 3.05) is 60.4 Å². The van der Waals surface area contributed by atoms with Crippen LogP contribution in [0.5, 0.6) is 0 Å². The first-order chi connectivity index (χ1) is 5.62. The van der Waals surface area contributed by atoms with Crippen LogP contribution in [0.1, 0.15) is 0 Å². The van der Waals surface area contributed by atoms with E-state index in [9.17, 15) is 0 Å². The van der Waals surface area contributed by atoms with Crippen molar-refractivity contribution in [2.45, 2.75) is 0 Å². The highest BCUT2D eigenvalue weighted by molar-refractivity contribution is 4.56. The minimum Gasteiger partial charge on any atom is -0.323 e. The van der Waals surface area contributed by atoms with Gasteiger partial charge in [0.1, 0.15) is 0 Å². The number of quaternary nitrogens is 1. The Kier molecular flexibility index (Phi) is 3.50. The van der Waals surface area contributed by atoms with Crippen LogP contribution >= 0.6 is 0 Å². The molecule has 1 saturated heterocycles. The van der Waals surface area contributed by atoms with E-state index in [1.165, 1.54) is 43.8 Å². The van der Waals surface area contributed by atoms with Gasteiger partial charge in [0.15, 0.2) is 0 Å². The maximum atomic E-state index is 3.40. The number of hydrogen-bond donors (Lipinski definition) is 1. The van der Waals surface area contributed by atoms with Gasteiger partial charge < -0.3 is 14.7 Å². The Bertz CT molecular complexity index is 128. The second-order valence-corrected chi connectivity index (χ2v) is 4.34. The molecule has 72 valence electrons. The first-order valence-corrected chi connectivity index (χ1v) is 4.81. The number of likely N-dealkylation sites (N-methyl/N-ethyl adjacent to an activating group) is 2. The molecule has 1 N–H and O–H groups in total. The van der Waals surface area contributed by atoms with Gasteiger partial charge in [-0.05, 0) is 14.1 Å². The molecule has 0 saturated carbocycles. The lowest BCUT2D eigenvalue weighted by Crippen LogP contribution is -2.57. The van der Waals surface area contributed by atoms with Gasteiger partial charge in [0.05, 0.1) is 26.7 Å². The molecule has 0 radical (unpaired) electrons. The lowest BCUT2D eigenvalue weighted by Gasteiger charge is -2.38. The highest BCUT2D eigenvalue weighted by Gasteiger charge is 2.23. The van der Waals surface area contributed by atoms with Crippen molar-refractivity contribution < 1.29 is 4.48 Å². The van der Waals surface area contributed by atoms with Crippen LogP contribution in [0, 0.1) is 0 Å². The maximum absolute atomic E-state index is 3.40. The first-order valence-electron chi connectivity index (χ1n) is 4.81. The molecule has 0 aromatic heterocycles. The van der Waals surface area contributed by atoms with Gasteiger partial charge in [0, 0.05) is 19.6 Å². The van der Waals surface area contributed by atoms with Gasteiger partial charge in [-0.15, -0.1) is 0 Å². The lowest BCUT2D eigenvalue weighted by molar-refractivity contribution is -0.910. The Morgan fingerprint density at radius 2 is 1.83 bits per heavy atom. The molecule has 0 aromatic carbocycles. The van der Waals surface area contributed by atoms with Gasteiger partial charge in [-0.3, -0.25) is 0 Å². The van der Waals surface area contributed by atoms with Crippen LogP contribution < -0.4 is 5.32 Å². The van der Waals surface area contributed by atoms with Crippen LogP contribution in [0.25, 0.3) is 0 Å². The Hall–Kier alpha value is -0.120. The van der Waals surface area contributed by atoms with Crippen molar-refractivity contribution >= 4 is 0 Å². The normalized spacial score (nSPS) is 23.0. The third-order valence-corrected chi connectivity index (χ3v) is 2.74. The van der Waals surface area contributed by atoms with Gasteiger partial charge >= 0.3 is 0 Å². The Morgan fingerprint density at radius 1 is 1.25 bits per heavy atom. The fraction of sp³-hybridized carbons (Fsp3) is 1.00. The summed E-state index contributed by atoms with van der Waals surface area (Å²) in [4.78, 5) is 2.27. The number of rotatable bonds is 3. The Balaban J connectivity index is 2.26. The molecular weight excluding hydrogens is 150 g/mol. The van der Waals surface area contributed by atoms with E-state index >= 15 is 0 Å². The van der Waals surface area contributed by atoms with Crippen molar-refractivity contribution in [3.63, 3.8) is 0 Å². The minimum atomic E-state index is 1.18. The van der Waals surface area contributed by atoms with Gasteiger partial charge in [-0.1, -0.05) is 0 Å². The summed E-state index contributed by atoms with van der Waals surface area (Å²) in [5.74, 6) is 0. The molecule has 1 heterocycles. The van der Waals surface area contributed by atoms with Gasteiger partial charge in [0.25, 0.3) is 0 Å². The molecule has 0 unspecified atom stereocenters. The number of nitrogens with one attached hydrogen (secondary N) is 1. The van der Waals surface area contributed by atoms with Crippen molar-refractivity contribution in [3.05, 3.63) is 0 Å². The van der Waals surface area contributed by atoms with E-state index in [2.05, 4.69) is 31.4 Å². The van der Waals surface area contributed by atoms with Crippen LogP contribution in [0.2, 0.25) is 0 Å². The summed E-state index contributed by atoms with van der Waals surface area (Å²) in [5, 5.41) is 3.40. The van der Waals surface area contributed by atoms with E-state index in [1.54, 1.807) is 0 Å². The topological polar surface area (TPSA) is 15.3 Å². The smallest absolute Gasteiger partial charge is 0.0914 e. The molecule has 1 aliphatic rings. The Labute approximate surface area is 75.9 Å². The molecule has 3 nitrogen and oxygen atoms in total. The summed E-state index contributed by atoms with van der Waals surface area (Å²) in [7, 11) is 6.66. The average Bonchev–Trinajstić information content (AvgIpc) is 2.03. The van der Waals surface area contributed by atoms with Crippen LogP contribution in [0.4, 0.5) is 0 Å². The lowest BCUT2D eigenvalue weighted by atomic mass is 10.3. The summed E-state index contributed by atoms with van der Waals surface area (Å²) >= 11 is 0. The predicted molar refractivity (Wildman–Crippen MR) is 52.2 cm³/mol. The van der Waals surface area contributed by atoms with Gasteiger partial charge in [0.2, 0.25) is 0 Å². The van der Waals surface area contributed by atoms with Crippen LogP contribution in [-0.4, -0.2) is 69.8 Å². The molecule has 0 aromatic rings. The van der Waals surface area contributed by atoms with E-state index < -0.39 is 0 Å². The zero-order valence-corrected chi connectivity index (χ0v) is 8.64. The molecule has 1 aliphatic heterocycles. The quantitative estimate of drug-likeness (QED) is 0.583. The fourth-order valence-corrected chi connectivity index (χ4v) is 1.60. The molecule has 1 fully saturated rings. The highest BCUT2D eigenvalue weighted by atomic mass is 15.4. The SMILES string of the molecule is CN(C)CC[N+]1(C)CCNCC1. The predicted octanol–water partition coefficient (Wildman–Crippen LogP) is -0.402. The first kappa shape index (κ1) is 9.96. The van der Waals surface area contributed by atoms with Crippen molar-refractivity contribution in [1.29, 1.82) is 0 Å². The zero-order valence-electron chi connectivity index (χ0n) is 8.64. The Morgan fingerprint density at radius 3 is 2.33 bits per heavy atom. The number of nitrogens with zero attached hydrogens (tertiary/aromatic N) is 2. The molecule has 0 amide bonds. The fourth-order valence-electron chi connectivity index (χ4n) is 1.60. The van der Waals surface area contributed by atoms with Crippen LogP contribution in [-0.2, 0) is 0 Å². The summed E-state index contributed by atoms with van der Waals surface area (Å²) in [6.45, 7) is 7.43. The van der Waals surface area contributed by atoms with Crippen molar-refractivity contribution in [2.24, 2.45) is 0 Å². The molecule has 3 heteroatoms. The molecule has 0 bridgehead atoms. The summed E-state index contributed by atoms with van der Waals surface area (Å²) < 4.78 is 1.24. The third-order valence-electron chi connectivity index (χ3n) is 2.74. The highest BCUT2D eigenvalue weighted by Crippen LogP contribution is 2.03. The summed E-state index contributed by atoms with van der Waals surface area (Å²) in [5.41, 5.74) is 0. The third kappa shape index (κ3) is 3.09. The molecule has 12 heavy (non-hydrogen) atoms. The van der Waals surface area contributed by atoms with E-state index in [0.717, 1.165) is 0 Å². The van der Waals surface area contributed by atoms with Crippen LogP contribution in [0.3, 0.4) is 0 Å². The summed E-state index contributed by atoms with van der Waals surface area (Å²) in [6, 6.07) is 0. The second kappa shape index (κ2) is 4.21. The molecular formula is C9H22N3+. The number of hydrogen-bond acceptors (Lipinski definition) is 2. The van der Waals surface area contributed by atoms with Gasteiger partial charge in [-0.25, -0.2) is 0 Å². The second-order valence-electron chi connectivity index (χ2n) is 4.34.